The number of alkyl halides is 1. The maximum atomic E-state index is 11.9. The van der Waals surface area contributed by atoms with Gasteiger partial charge in [-0.25, -0.2) is 0 Å². The van der Waals surface area contributed by atoms with Crippen LogP contribution in [0.5, 0.6) is 11.5 Å². The van der Waals surface area contributed by atoms with Crippen LogP contribution in [-0.4, -0.2) is 25.9 Å². The molecule has 0 radical (unpaired) electrons. The van der Waals surface area contributed by atoms with Crippen molar-refractivity contribution in [2.24, 2.45) is 0 Å². The van der Waals surface area contributed by atoms with E-state index in [0.29, 0.717) is 29.4 Å². The molecule has 0 amide bonds. The number of methoxy groups -OCH3 is 2. The lowest BCUT2D eigenvalue weighted by atomic mass is 10.0. The van der Waals surface area contributed by atoms with Gasteiger partial charge >= 0.3 is 0 Å². The molecule has 0 saturated carbocycles. The third-order valence-electron chi connectivity index (χ3n) is 2.74. The Labute approximate surface area is 113 Å². The predicted octanol–water partition coefficient (Wildman–Crippen LogP) is 3.69. The van der Waals surface area contributed by atoms with Gasteiger partial charge in [-0.1, -0.05) is 6.42 Å². The summed E-state index contributed by atoms with van der Waals surface area (Å²) in [5, 5.41) is 0. The highest BCUT2D eigenvalue weighted by Crippen LogP contribution is 2.28. The predicted molar refractivity (Wildman–Crippen MR) is 73.1 cm³/mol. The molecule has 0 saturated heterocycles. The van der Waals surface area contributed by atoms with Crippen molar-refractivity contribution in [2.45, 2.75) is 25.7 Å². The summed E-state index contributed by atoms with van der Waals surface area (Å²) in [7, 11) is 3.14. The average Bonchev–Trinajstić information content (AvgIpc) is 2.42. The molecule has 0 fully saturated rings. The largest absolute Gasteiger partial charge is 0.493 e. The minimum atomic E-state index is 0.130. The fraction of sp³-hybridized carbons (Fsp3) is 0.500. The standard InChI is InChI=1S/C14H19ClO3/c1-17-13-8-7-11(10-14(13)18-2)12(16)6-4-3-5-9-15/h7-8,10H,3-6,9H2,1-2H3. The van der Waals surface area contributed by atoms with E-state index in [9.17, 15) is 4.79 Å². The summed E-state index contributed by atoms with van der Waals surface area (Å²) < 4.78 is 10.3. The molecule has 0 aliphatic carbocycles. The Bertz CT molecular complexity index is 391. The zero-order valence-corrected chi connectivity index (χ0v) is 11.6. The van der Waals surface area contributed by atoms with Crippen LogP contribution in [0.25, 0.3) is 0 Å². The molecule has 0 aromatic heterocycles. The van der Waals surface area contributed by atoms with Gasteiger partial charge < -0.3 is 9.47 Å². The molecule has 0 heterocycles. The highest BCUT2D eigenvalue weighted by Gasteiger charge is 2.10. The lowest BCUT2D eigenvalue weighted by molar-refractivity contribution is 0.0979. The van der Waals surface area contributed by atoms with Gasteiger partial charge in [0.05, 0.1) is 14.2 Å². The van der Waals surface area contributed by atoms with Crippen molar-refractivity contribution in [3.05, 3.63) is 23.8 Å². The third kappa shape index (κ3) is 4.22. The van der Waals surface area contributed by atoms with E-state index in [0.717, 1.165) is 19.3 Å². The first kappa shape index (κ1) is 14.8. The van der Waals surface area contributed by atoms with Crippen LogP contribution in [0.1, 0.15) is 36.0 Å². The number of hydrogen-bond donors (Lipinski definition) is 0. The van der Waals surface area contributed by atoms with Gasteiger partial charge in [-0.15, -0.1) is 11.6 Å². The molecule has 0 aliphatic rings. The monoisotopic (exact) mass is 270 g/mol. The molecule has 4 heteroatoms. The molecule has 0 N–H and O–H groups in total. The van der Waals surface area contributed by atoms with E-state index in [2.05, 4.69) is 0 Å². The number of rotatable bonds is 8. The molecule has 0 atom stereocenters. The smallest absolute Gasteiger partial charge is 0.163 e. The van der Waals surface area contributed by atoms with Gasteiger partial charge in [0, 0.05) is 17.9 Å². The Morgan fingerprint density at radius 3 is 2.44 bits per heavy atom. The summed E-state index contributed by atoms with van der Waals surface area (Å²) in [6, 6.07) is 5.25. The van der Waals surface area contributed by atoms with Gasteiger partial charge in [0.25, 0.3) is 0 Å². The van der Waals surface area contributed by atoms with Crippen LogP contribution in [-0.2, 0) is 0 Å². The van der Waals surface area contributed by atoms with Gasteiger partial charge in [0.1, 0.15) is 0 Å². The first-order valence-corrected chi connectivity index (χ1v) is 6.57. The summed E-state index contributed by atoms with van der Waals surface area (Å²) >= 11 is 5.59. The molecule has 0 unspecified atom stereocenters. The summed E-state index contributed by atoms with van der Waals surface area (Å²) in [4.78, 5) is 11.9. The summed E-state index contributed by atoms with van der Waals surface area (Å²) in [6.45, 7) is 0. The summed E-state index contributed by atoms with van der Waals surface area (Å²) in [5.41, 5.74) is 0.665. The molecule has 0 aliphatic heterocycles. The number of halogens is 1. The van der Waals surface area contributed by atoms with Crippen molar-refractivity contribution < 1.29 is 14.3 Å². The van der Waals surface area contributed by atoms with Crippen LogP contribution < -0.4 is 9.47 Å². The van der Waals surface area contributed by atoms with Crippen LogP contribution in [0.15, 0.2) is 18.2 Å². The maximum absolute atomic E-state index is 11.9. The van der Waals surface area contributed by atoms with Crippen molar-refractivity contribution in [2.75, 3.05) is 20.1 Å². The zero-order chi connectivity index (χ0) is 13.4. The molecular weight excluding hydrogens is 252 g/mol. The van der Waals surface area contributed by atoms with E-state index in [4.69, 9.17) is 21.1 Å². The topological polar surface area (TPSA) is 35.5 Å². The van der Waals surface area contributed by atoms with Crippen molar-refractivity contribution in [3.63, 3.8) is 0 Å². The Balaban J connectivity index is 2.62. The zero-order valence-electron chi connectivity index (χ0n) is 10.9. The van der Waals surface area contributed by atoms with E-state index < -0.39 is 0 Å². The van der Waals surface area contributed by atoms with Crippen molar-refractivity contribution in [1.82, 2.24) is 0 Å². The molecule has 0 spiro atoms. The number of hydrogen-bond acceptors (Lipinski definition) is 3. The van der Waals surface area contributed by atoms with E-state index >= 15 is 0 Å². The fourth-order valence-electron chi connectivity index (χ4n) is 1.71. The molecule has 18 heavy (non-hydrogen) atoms. The highest BCUT2D eigenvalue weighted by molar-refractivity contribution is 6.17. The lowest BCUT2D eigenvalue weighted by Crippen LogP contribution is -2.00. The van der Waals surface area contributed by atoms with E-state index in [1.807, 2.05) is 0 Å². The van der Waals surface area contributed by atoms with Crippen LogP contribution in [0.4, 0.5) is 0 Å². The number of ether oxygens (including phenoxy) is 2. The minimum Gasteiger partial charge on any atom is -0.493 e. The van der Waals surface area contributed by atoms with E-state index in [-0.39, 0.29) is 5.78 Å². The Kier molecular flexibility index (Phi) is 6.58. The SMILES string of the molecule is COc1ccc(C(=O)CCCCCCl)cc1OC. The fourth-order valence-corrected chi connectivity index (χ4v) is 1.90. The van der Waals surface area contributed by atoms with E-state index in [1.54, 1.807) is 32.4 Å². The van der Waals surface area contributed by atoms with Crippen LogP contribution >= 0.6 is 11.6 Å². The number of carbonyl (C=O) groups excluding carboxylic acids is 1. The number of carbonyl (C=O) groups is 1. The minimum absolute atomic E-state index is 0.130. The molecule has 1 rings (SSSR count). The normalized spacial score (nSPS) is 10.2. The van der Waals surface area contributed by atoms with Crippen molar-refractivity contribution in [1.29, 1.82) is 0 Å². The molecular formula is C14H19ClO3. The van der Waals surface area contributed by atoms with E-state index in [1.165, 1.54) is 0 Å². The van der Waals surface area contributed by atoms with Gasteiger partial charge in [0.2, 0.25) is 0 Å². The van der Waals surface area contributed by atoms with Crippen molar-refractivity contribution in [3.8, 4) is 11.5 Å². The molecule has 0 bridgehead atoms. The Hall–Kier alpha value is -1.22. The molecule has 100 valence electrons. The van der Waals surface area contributed by atoms with Crippen LogP contribution in [0.2, 0.25) is 0 Å². The average molecular weight is 271 g/mol. The second-order valence-corrected chi connectivity index (χ2v) is 4.37. The summed E-state index contributed by atoms with van der Waals surface area (Å²) in [5.74, 6) is 2.01. The first-order valence-electron chi connectivity index (χ1n) is 6.04. The number of ketones is 1. The van der Waals surface area contributed by atoms with Crippen LogP contribution in [0, 0.1) is 0 Å². The van der Waals surface area contributed by atoms with Crippen molar-refractivity contribution >= 4 is 17.4 Å². The number of benzene rings is 1. The summed E-state index contributed by atoms with van der Waals surface area (Å²) in [6.07, 6.45) is 3.37. The second kappa shape index (κ2) is 7.98. The molecule has 1 aromatic carbocycles. The Morgan fingerprint density at radius 1 is 1.11 bits per heavy atom. The van der Waals surface area contributed by atoms with Gasteiger partial charge in [-0.05, 0) is 31.0 Å². The maximum Gasteiger partial charge on any atom is 0.163 e. The lowest BCUT2D eigenvalue weighted by Gasteiger charge is -2.09. The van der Waals surface area contributed by atoms with Gasteiger partial charge in [-0.2, -0.15) is 0 Å². The van der Waals surface area contributed by atoms with Gasteiger partial charge in [0.15, 0.2) is 17.3 Å². The highest BCUT2D eigenvalue weighted by atomic mass is 35.5. The number of Topliss-reactive ketones (excluding diaryl/α,β-unsaturated/α-hetero) is 1. The Morgan fingerprint density at radius 2 is 1.83 bits per heavy atom. The second-order valence-electron chi connectivity index (χ2n) is 3.99. The number of unbranched alkanes of at least 4 members (excludes halogenated alkanes) is 2. The quantitative estimate of drug-likeness (QED) is 0.411. The molecule has 3 nitrogen and oxygen atoms in total. The molecule has 1 aromatic rings. The third-order valence-corrected chi connectivity index (χ3v) is 3.01. The van der Waals surface area contributed by atoms with Gasteiger partial charge in [-0.3, -0.25) is 4.79 Å². The van der Waals surface area contributed by atoms with Crippen LogP contribution in [0.3, 0.4) is 0 Å². The first-order chi connectivity index (χ1) is 8.72.